The van der Waals surface area contributed by atoms with E-state index in [-0.39, 0.29) is 6.61 Å². The summed E-state index contributed by atoms with van der Waals surface area (Å²) in [5, 5.41) is 0. The van der Waals surface area contributed by atoms with Gasteiger partial charge in [-0.15, -0.1) is 0 Å². The third kappa shape index (κ3) is 4.26. The highest BCUT2D eigenvalue weighted by Crippen LogP contribution is 2.15. The SMILES string of the molecule is CCO[Si](O)(OC)O[Si](OC)(OC)OC. The second-order valence-electron chi connectivity index (χ2n) is 2.38. The van der Waals surface area contributed by atoms with E-state index in [1.807, 2.05) is 0 Å². The first-order chi connectivity index (χ1) is 7.01. The fourth-order valence-electron chi connectivity index (χ4n) is 0.845. The molecule has 0 heterocycles. The lowest BCUT2D eigenvalue weighted by Gasteiger charge is -2.29. The molecule has 0 saturated heterocycles. The van der Waals surface area contributed by atoms with Gasteiger partial charge < -0.3 is 31.0 Å². The molecule has 0 rings (SSSR count). The van der Waals surface area contributed by atoms with Crippen LogP contribution in [-0.2, 0) is 26.2 Å². The molecule has 0 aromatic rings. The molecular weight excluding hydrogens is 240 g/mol. The third-order valence-electron chi connectivity index (χ3n) is 1.59. The van der Waals surface area contributed by atoms with Crippen LogP contribution < -0.4 is 0 Å². The molecule has 1 unspecified atom stereocenters. The molecule has 0 bridgehead atoms. The van der Waals surface area contributed by atoms with Crippen molar-refractivity contribution in [3.8, 4) is 0 Å². The Hall–Kier alpha value is 0.154. The smallest absolute Gasteiger partial charge is 0.368 e. The highest BCUT2D eigenvalue weighted by molar-refractivity contribution is 6.67. The topological polar surface area (TPSA) is 75.6 Å². The Kier molecular flexibility index (Phi) is 6.74. The molecule has 0 amide bonds. The Labute approximate surface area is 91.8 Å². The van der Waals surface area contributed by atoms with E-state index < -0.39 is 18.1 Å². The van der Waals surface area contributed by atoms with Crippen LogP contribution in [0.25, 0.3) is 0 Å². The van der Waals surface area contributed by atoms with Crippen molar-refractivity contribution in [2.75, 3.05) is 35.0 Å². The molecule has 0 aliphatic rings. The van der Waals surface area contributed by atoms with Crippen molar-refractivity contribution in [1.29, 1.82) is 0 Å². The first kappa shape index (κ1) is 15.2. The normalized spacial score (nSPS) is 16.4. The quantitative estimate of drug-likeness (QED) is 0.588. The van der Waals surface area contributed by atoms with E-state index in [1.165, 1.54) is 28.4 Å². The van der Waals surface area contributed by atoms with Gasteiger partial charge in [0.25, 0.3) is 0 Å². The summed E-state index contributed by atoms with van der Waals surface area (Å²) in [4.78, 5) is 9.82. The molecule has 15 heavy (non-hydrogen) atoms. The van der Waals surface area contributed by atoms with Crippen LogP contribution in [0, 0.1) is 0 Å². The second-order valence-corrected chi connectivity index (χ2v) is 7.16. The van der Waals surface area contributed by atoms with Crippen molar-refractivity contribution < 1.29 is 31.0 Å². The summed E-state index contributed by atoms with van der Waals surface area (Å²) in [5.74, 6) is 0. The molecule has 1 N–H and O–H groups in total. The zero-order valence-electron chi connectivity index (χ0n) is 9.60. The molecule has 7 nitrogen and oxygen atoms in total. The molecule has 9 heteroatoms. The van der Waals surface area contributed by atoms with Gasteiger partial charge in [0.1, 0.15) is 0 Å². The third-order valence-corrected chi connectivity index (χ3v) is 6.29. The van der Waals surface area contributed by atoms with Gasteiger partial charge in [0, 0.05) is 35.0 Å². The lowest BCUT2D eigenvalue weighted by Crippen LogP contribution is -2.59. The maximum atomic E-state index is 9.82. The van der Waals surface area contributed by atoms with Crippen LogP contribution in [0.3, 0.4) is 0 Å². The Balaban J connectivity index is 4.60. The van der Waals surface area contributed by atoms with Gasteiger partial charge in [-0.1, -0.05) is 0 Å². The fraction of sp³-hybridized carbons (Fsp3) is 1.00. The van der Waals surface area contributed by atoms with Crippen LogP contribution in [0.15, 0.2) is 0 Å². The van der Waals surface area contributed by atoms with Crippen molar-refractivity contribution in [2.24, 2.45) is 0 Å². The Morgan fingerprint density at radius 3 is 1.67 bits per heavy atom. The highest BCUT2D eigenvalue weighted by Gasteiger charge is 2.55. The number of rotatable bonds is 8. The molecule has 0 aliphatic heterocycles. The van der Waals surface area contributed by atoms with Crippen LogP contribution >= 0.6 is 0 Å². The highest BCUT2D eigenvalue weighted by atomic mass is 28.5. The number of hydrogen-bond acceptors (Lipinski definition) is 7. The Morgan fingerprint density at radius 2 is 1.40 bits per heavy atom. The van der Waals surface area contributed by atoms with E-state index in [9.17, 15) is 4.80 Å². The minimum absolute atomic E-state index is 0.248. The van der Waals surface area contributed by atoms with Gasteiger partial charge in [-0.25, -0.2) is 0 Å². The second kappa shape index (κ2) is 6.68. The maximum Gasteiger partial charge on any atom is 0.673 e. The number of hydrogen-bond donors (Lipinski definition) is 1. The first-order valence-corrected chi connectivity index (χ1v) is 7.59. The maximum absolute atomic E-state index is 9.82. The largest absolute Gasteiger partial charge is 0.673 e. The molecule has 0 spiro atoms. The lowest BCUT2D eigenvalue weighted by molar-refractivity contribution is -0.0229. The minimum atomic E-state index is -3.73. The van der Waals surface area contributed by atoms with Gasteiger partial charge in [-0.05, 0) is 6.92 Å². The first-order valence-electron chi connectivity index (χ1n) is 4.28. The summed E-state index contributed by atoms with van der Waals surface area (Å²) in [6.07, 6.45) is 0. The monoisotopic (exact) mass is 258 g/mol. The zero-order valence-corrected chi connectivity index (χ0v) is 11.6. The predicted octanol–water partition coefficient (Wildman–Crippen LogP) is -0.511. The van der Waals surface area contributed by atoms with Gasteiger partial charge in [0.2, 0.25) is 0 Å². The average molecular weight is 258 g/mol. The summed E-state index contributed by atoms with van der Waals surface area (Å²) in [7, 11) is -1.73. The Bertz CT molecular complexity index is 169. The van der Waals surface area contributed by atoms with Gasteiger partial charge in [0.15, 0.2) is 0 Å². The molecule has 92 valence electrons. The van der Waals surface area contributed by atoms with Crippen molar-refractivity contribution in [2.45, 2.75) is 6.92 Å². The Morgan fingerprint density at radius 1 is 0.933 bits per heavy atom. The van der Waals surface area contributed by atoms with E-state index in [4.69, 9.17) is 26.2 Å². The summed E-state index contributed by atoms with van der Waals surface area (Å²) in [6, 6.07) is 0. The fourth-order valence-corrected chi connectivity index (χ4v) is 4.66. The van der Waals surface area contributed by atoms with E-state index in [0.717, 1.165) is 0 Å². The van der Waals surface area contributed by atoms with Crippen LogP contribution in [-0.4, -0.2) is 57.9 Å². The van der Waals surface area contributed by atoms with Crippen LogP contribution in [0.1, 0.15) is 6.92 Å². The van der Waals surface area contributed by atoms with Crippen LogP contribution in [0.2, 0.25) is 0 Å². The molecule has 1 atom stereocenters. The van der Waals surface area contributed by atoms with Gasteiger partial charge in [-0.2, -0.15) is 0 Å². The molecule has 0 fully saturated rings. The molecule has 0 aromatic carbocycles. The summed E-state index contributed by atoms with van der Waals surface area (Å²) >= 11 is 0. The molecular formula is C6H18O7Si2. The van der Waals surface area contributed by atoms with E-state index in [2.05, 4.69) is 0 Å². The van der Waals surface area contributed by atoms with Crippen molar-refractivity contribution in [1.82, 2.24) is 0 Å². The van der Waals surface area contributed by atoms with Crippen LogP contribution in [0.4, 0.5) is 0 Å². The van der Waals surface area contributed by atoms with E-state index >= 15 is 0 Å². The molecule has 0 aromatic heterocycles. The van der Waals surface area contributed by atoms with Crippen molar-refractivity contribution in [3.05, 3.63) is 0 Å². The van der Waals surface area contributed by atoms with Gasteiger partial charge in [-0.3, -0.25) is 0 Å². The molecule has 0 aliphatic carbocycles. The summed E-state index contributed by atoms with van der Waals surface area (Å²) in [6.45, 7) is 1.95. The van der Waals surface area contributed by atoms with Crippen molar-refractivity contribution >= 4 is 18.1 Å². The van der Waals surface area contributed by atoms with Gasteiger partial charge in [0.05, 0.1) is 0 Å². The average Bonchev–Trinajstić information content (AvgIpc) is 2.27. The van der Waals surface area contributed by atoms with E-state index in [1.54, 1.807) is 6.92 Å². The molecule has 0 saturated carbocycles. The van der Waals surface area contributed by atoms with Crippen molar-refractivity contribution in [3.63, 3.8) is 0 Å². The minimum Gasteiger partial charge on any atom is -0.368 e. The van der Waals surface area contributed by atoms with Gasteiger partial charge >= 0.3 is 18.1 Å². The van der Waals surface area contributed by atoms with Crippen LogP contribution in [0.5, 0.6) is 0 Å². The standard InChI is InChI=1S/C6H18O7Si2/c1-6-12-14(7,8-2)13-15(9-3,10-4)11-5/h7H,6H2,1-5H3. The van der Waals surface area contributed by atoms with E-state index in [0.29, 0.717) is 0 Å². The predicted molar refractivity (Wildman–Crippen MR) is 54.5 cm³/mol. The molecule has 0 radical (unpaired) electrons. The summed E-state index contributed by atoms with van der Waals surface area (Å²) in [5.41, 5.74) is 0. The summed E-state index contributed by atoms with van der Waals surface area (Å²) < 4.78 is 29.9. The lowest BCUT2D eigenvalue weighted by atomic mass is 10.9. The zero-order chi connectivity index (χ0) is 11.9.